The van der Waals surface area contributed by atoms with Crippen LogP contribution < -0.4 is 5.32 Å². The summed E-state index contributed by atoms with van der Waals surface area (Å²) < 4.78 is 14.1. The Morgan fingerprint density at radius 2 is 2.29 bits per heavy atom. The second-order valence-electron chi connectivity index (χ2n) is 3.77. The SMILES string of the molecule is Cc1cc([C@H]2CCCN2)c(Br)cc1F. The van der Waals surface area contributed by atoms with Crippen LogP contribution in [0, 0.1) is 12.7 Å². The molecule has 14 heavy (non-hydrogen) atoms. The first-order chi connectivity index (χ1) is 6.68. The van der Waals surface area contributed by atoms with Crippen LogP contribution in [0.25, 0.3) is 0 Å². The zero-order valence-electron chi connectivity index (χ0n) is 8.11. The number of aryl methyl sites for hydroxylation is 1. The maximum Gasteiger partial charge on any atom is 0.127 e. The molecule has 1 N–H and O–H groups in total. The van der Waals surface area contributed by atoms with Crippen molar-refractivity contribution in [2.75, 3.05) is 6.54 Å². The third-order valence-corrected chi connectivity index (χ3v) is 3.40. The Morgan fingerprint density at radius 1 is 1.50 bits per heavy atom. The third-order valence-electron chi connectivity index (χ3n) is 2.71. The summed E-state index contributed by atoms with van der Waals surface area (Å²) >= 11 is 3.41. The van der Waals surface area contributed by atoms with Gasteiger partial charge in [0.05, 0.1) is 0 Å². The number of hydrogen-bond donors (Lipinski definition) is 1. The summed E-state index contributed by atoms with van der Waals surface area (Å²) in [7, 11) is 0. The van der Waals surface area contributed by atoms with E-state index in [1.807, 2.05) is 6.07 Å². The Balaban J connectivity index is 2.37. The van der Waals surface area contributed by atoms with Gasteiger partial charge in [-0.3, -0.25) is 0 Å². The molecule has 1 saturated heterocycles. The maximum atomic E-state index is 13.2. The van der Waals surface area contributed by atoms with E-state index in [2.05, 4.69) is 21.2 Å². The Morgan fingerprint density at radius 3 is 2.93 bits per heavy atom. The van der Waals surface area contributed by atoms with Gasteiger partial charge in [-0.05, 0) is 43.5 Å². The van der Waals surface area contributed by atoms with Gasteiger partial charge >= 0.3 is 0 Å². The molecule has 0 amide bonds. The number of benzene rings is 1. The standard InChI is InChI=1S/C11H13BrFN/c1-7-5-8(9(12)6-10(7)13)11-3-2-4-14-11/h5-6,11,14H,2-4H2,1H3/t11-/m1/s1. The van der Waals surface area contributed by atoms with Crippen molar-refractivity contribution in [1.82, 2.24) is 5.32 Å². The summed E-state index contributed by atoms with van der Waals surface area (Å²) in [5.41, 5.74) is 1.90. The smallest absolute Gasteiger partial charge is 0.127 e. The Labute approximate surface area is 91.8 Å². The quantitative estimate of drug-likeness (QED) is 0.814. The van der Waals surface area contributed by atoms with Gasteiger partial charge in [-0.25, -0.2) is 4.39 Å². The second kappa shape index (κ2) is 3.99. The fraction of sp³-hybridized carbons (Fsp3) is 0.455. The molecule has 1 aliphatic heterocycles. The topological polar surface area (TPSA) is 12.0 Å². The molecule has 1 aromatic carbocycles. The van der Waals surface area contributed by atoms with Crippen molar-refractivity contribution < 1.29 is 4.39 Å². The van der Waals surface area contributed by atoms with Crippen LogP contribution in [0.5, 0.6) is 0 Å². The first-order valence-electron chi connectivity index (χ1n) is 4.87. The number of nitrogens with one attached hydrogen (secondary N) is 1. The predicted octanol–water partition coefficient (Wildman–Crippen LogP) is 3.32. The average molecular weight is 258 g/mol. The van der Waals surface area contributed by atoms with E-state index in [1.54, 1.807) is 13.0 Å². The van der Waals surface area contributed by atoms with Crippen LogP contribution in [-0.4, -0.2) is 6.54 Å². The zero-order chi connectivity index (χ0) is 10.1. The highest BCUT2D eigenvalue weighted by Crippen LogP contribution is 2.31. The van der Waals surface area contributed by atoms with E-state index in [-0.39, 0.29) is 5.82 Å². The molecular weight excluding hydrogens is 245 g/mol. The molecule has 2 rings (SSSR count). The molecule has 0 bridgehead atoms. The van der Waals surface area contributed by atoms with Crippen molar-refractivity contribution in [1.29, 1.82) is 0 Å². The number of rotatable bonds is 1. The van der Waals surface area contributed by atoms with Crippen molar-refractivity contribution >= 4 is 15.9 Å². The molecule has 1 nitrogen and oxygen atoms in total. The fourth-order valence-corrected chi connectivity index (χ4v) is 2.49. The molecule has 1 aliphatic rings. The van der Waals surface area contributed by atoms with Crippen LogP contribution in [-0.2, 0) is 0 Å². The molecule has 1 heterocycles. The normalized spacial score (nSPS) is 21.5. The van der Waals surface area contributed by atoms with E-state index in [1.165, 1.54) is 12.0 Å². The largest absolute Gasteiger partial charge is 0.310 e. The van der Waals surface area contributed by atoms with Crippen molar-refractivity contribution in [3.8, 4) is 0 Å². The minimum atomic E-state index is -0.140. The predicted molar refractivity (Wildman–Crippen MR) is 58.8 cm³/mol. The molecule has 1 atom stereocenters. The van der Waals surface area contributed by atoms with E-state index < -0.39 is 0 Å². The summed E-state index contributed by atoms with van der Waals surface area (Å²) in [6.07, 6.45) is 2.34. The van der Waals surface area contributed by atoms with Crippen molar-refractivity contribution in [3.63, 3.8) is 0 Å². The molecule has 0 radical (unpaired) electrons. The molecule has 0 aliphatic carbocycles. The van der Waals surface area contributed by atoms with Gasteiger partial charge in [-0.15, -0.1) is 0 Å². The van der Waals surface area contributed by atoms with Crippen LogP contribution in [0.2, 0.25) is 0 Å². The lowest BCUT2D eigenvalue weighted by Crippen LogP contribution is -2.13. The third kappa shape index (κ3) is 1.84. The van der Waals surface area contributed by atoms with Crippen molar-refractivity contribution in [2.24, 2.45) is 0 Å². The lowest BCUT2D eigenvalue weighted by molar-refractivity contribution is 0.606. The van der Waals surface area contributed by atoms with E-state index in [4.69, 9.17) is 0 Å². The molecule has 1 aromatic rings. The lowest BCUT2D eigenvalue weighted by Gasteiger charge is -2.13. The Hall–Kier alpha value is -0.410. The Kier molecular flexibility index (Phi) is 2.88. The Bertz CT molecular complexity index is 345. The van der Waals surface area contributed by atoms with E-state index in [9.17, 15) is 4.39 Å². The molecule has 1 fully saturated rings. The molecule has 0 unspecified atom stereocenters. The molecular formula is C11H13BrFN. The average Bonchev–Trinajstić information content (AvgIpc) is 2.64. The van der Waals surface area contributed by atoms with Crippen LogP contribution in [0.1, 0.15) is 30.0 Å². The summed E-state index contributed by atoms with van der Waals surface area (Å²) in [6.45, 7) is 2.87. The summed E-state index contributed by atoms with van der Waals surface area (Å²) in [6, 6.07) is 3.89. The molecule has 0 saturated carbocycles. The molecule has 0 aromatic heterocycles. The number of hydrogen-bond acceptors (Lipinski definition) is 1. The van der Waals surface area contributed by atoms with Crippen LogP contribution >= 0.6 is 15.9 Å². The zero-order valence-corrected chi connectivity index (χ0v) is 9.70. The number of halogens is 2. The van der Waals surface area contributed by atoms with Crippen molar-refractivity contribution in [3.05, 3.63) is 33.5 Å². The second-order valence-corrected chi connectivity index (χ2v) is 4.63. The van der Waals surface area contributed by atoms with Crippen LogP contribution in [0.3, 0.4) is 0 Å². The minimum Gasteiger partial charge on any atom is -0.310 e. The van der Waals surface area contributed by atoms with Gasteiger partial charge in [-0.1, -0.05) is 22.0 Å². The molecule has 3 heteroatoms. The minimum absolute atomic E-state index is 0.140. The van der Waals surface area contributed by atoms with Gasteiger partial charge in [0.25, 0.3) is 0 Å². The van der Waals surface area contributed by atoms with Crippen molar-refractivity contribution in [2.45, 2.75) is 25.8 Å². The monoisotopic (exact) mass is 257 g/mol. The summed E-state index contributed by atoms with van der Waals surface area (Å²) in [4.78, 5) is 0. The maximum absolute atomic E-state index is 13.2. The van der Waals surface area contributed by atoms with Gasteiger partial charge < -0.3 is 5.32 Å². The van der Waals surface area contributed by atoms with E-state index >= 15 is 0 Å². The highest BCUT2D eigenvalue weighted by atomic mass is 79.9. The molecule has 0 spiro atoms. The van der Waals surface area contributed by atoms with Crippen LogP contribution in [0.4, 0.5) is 4.39 Å². The van der Waals surface area contributed by atoms with Gasteiger partial charge in [0, 0.05) is 10.5 Å². The van der Waals surface area contributed by atoms with E-state index in [0.717, 1.165) is 23.0 Å². The van der Waals surface area contributed by atoms with Gasteiger partial charge in [0.2, 0.25) is 0 Å². The lowest BCUT2D eigenvalue weighted by atomic mass is 10.0. The van der Waals surface area contributed by atoms with Gasteiger partial charge in [0.1, 0.15) is 5.82 Å². The van der Waals surface area contributed by atoms with E-state index in [0.29, 0.717) is 6.04 Å². The highest BCUT2D eigenvalue weighted by Gasteiger charge is 2.19. The summed E-state index contributed by atoms with van der Waals surface area (Å²) in [5, 5.41) is 3.41. The van der Waals surface area contributed by atoms with Gasteiger partial charge in [0.15, 0.2) is 0 Å². The van der Waals surface area contributed by atoms with Crippen LogP contribution in [0.15, 0.2) is 16.6 Å². The highest BCUT2D eigenvalue weighted by molar-refractivity contribution is 9.10. The fourth-order valence-electron chi connectivity index (χ4n) is 1.90. The van der Waals surface area contributed by atoms with Gasteiger partial charge in [-0.2, -0.15) is 0 Å². The first-order valence-corrected chi connectivity index (χ1v) is 5.66. The first kappa shape index (κ1) is 10.1. The summed E-state index contributed by atoms with van der Waals surface area (Å²) in [5.74, 6) is -0.140. The molecule has 76 valence electrons.